The molecule has 1 atom stereocenters. The van der Waals surface area contributed by atoms with Crippen molar-refractivity contribution in [3.8, 4) is 5.75 Å². The smallest absolute Gasteiger partial charge is 0.280 e. The van der Waals surface area contributed by atoms with Gasteiger partial charge in [0.2, 0.25) is 0 Å². The van der Waals surface area contributed by atoms with Crippen molar-refractivity contribution in [1.29, 1.82) is 0 Å². The van der Waals surface area contributed by atoms with Crippen molar-refractivity contribution in [3.63, 3.8) is 0 Å². The van der Waals surface area contributed by atoms with Crippen LogP contribution in [-0.4, -0.2) is 5.66 Å². The van der Waals surface area contributed by atoms with Crippen LogP contribution in [0.15, 0.2) is 60.7 Å². The summed E-state index contributed by atoms with van der Waals surface area (Å²) in [5.41, 5.74) is 0.147. The fourth-order valence-electron chi connectivity index (χ4n) is 3.03. The van der Waals surface area contributed by atoms with E-state index in [1.54, 1.807) is 0 Å². The molecule has 0 heterocycles. The first kappa shape index (κ1) is 14.4. The molecule has 0 saturated heterocycles. The molecule has 1 aliphatic carbocycles. The number of hydrogen-bond donors (Lipinski definition) is 0. The molecule has 2 aromatic carbocycles. The largest absolute Gasteiger partial charge is 0.440 e. The number of rotatable bonds is 4. The van der Waals surface area contributed by atoms with Gasteiger partial charge in [0.05, 0.1) is 5.66 Å². The van der Waals surface area contributed by atoms with Crippen molar-refractivity contribution in [2.75, 3.05) is 0 Å². The summed E-state index contributed by atoms with van der Waals surface area (Å²) in [4.78, 5) is 0. The lowest BCUT2D eigenvalue weighted by molar-refractivity contribution is 0.434. The highest BCUT2D eigenvalue weighted by molar-refractivity contribution is 7.68. The van der Waals surface area contributed by atoms with E-state index in [1.807, 2.05) is 60.7 Å². The molecule has 2 aromatic rings. The molecule has 21 heavy (non-hydrogen) atoms. The fraction of sp³-hybridized carbons (Fsp3) is 0.333. The normalized spacial score (nSPS) is 18.9. The summed E-state index contributed by atoms with van der Waals surface area (Å²) in [5, 5.41) is 0.848. The standard InChI is InChI=1S/C18H21O2P/c19-21(17-12-6-2-7-13-17,18-14-8-3-9-15-18)20-16-10-4-1-5-11-16/h1-2,4-7,10-13,18H,3,8-9,14-15H2. The van der Waals surface area contributed by atoms with Crippen LogP contribution in [0.2, 0.25) is 0 Å². The van der Waals surface area contributed by atoms with Crippen LogP contribution in [0.5, 0.6) is 5.75 Å². The van der Waals surface area contributed by atoms with Crippen LogP contribution in [0, 0.1) is 0 Å². The van der Waals surface area contributed by atoms with E-state index in [1.165, 1.54) is 6.42 Å². The van der Waals surface area contributed by atoms with Crippen molar-refractivity contribution in [2.24, 2.45) is 0 Å². The third kappa shape index (κ3) is 3.22. The van der Waals surface area contributed by atoms with Crippen LogP contribution < -0.4 is 9.83 Å². The molecule has 1 aliphatic rings. The first-order chi connectivity index (χ1) is 10.3. The summed E-state index contributed by atoms with van der Waals surface area (Å²) in [7, 11) is -2.87. The molecule has 1 saturated carbocycles. The minimum Gasteiger partial charge on any atom is -0.440 e. The third-order valence-electron chi connectivity index (χ3n) is 4.16. The maximum atomic E-state index is 13.7. The minimum absolute atomic E-state index is 0.147. The number of hydrogen-bond acceptors (Lipinski definition) is 2. The van der Waals surface area contributed by atoms with Gasteiger partial charge < -0.3 is 4.52 Å². The van der Waals surface area contributed by atoms with Gasteiger partial charge in [0.15, 0.2) is 0 Å². The lowest BCUT2D eigenvalue weighted by Crippen LogP contribution is -2.23. The summed E-state index contributed by atoms with van der Waals surface area (Å²) in [5.74, 6) is 0.704. The van der Waals surface area contributed by atoms with Crippen molar-refractivity contribution < 1.29 is 9.09 Å². The van der Waals surface area contributed by atoms with Gasteiger partial charge in [-0.3, -0.25) is 4.57 Å². The van der Waals surface area contributed by atoms with Crippen molar-refractivity contribution in [1.82, 2.24) is 0 Å². The SMILES string of the molecule is O=P(Oc1ccccc1)(c1ccccc1)C1CCCCC1. The van der Waals surface area contributed by atoms with E-state index in [-0.39, 0.29) is 5.66 Å². The molecule has 3 heteroatoms. The van der Waals surface area contributed by atoms with Crippen LogP contribution in [0.25, 0.3) is 0 Å². The molecule has 0 N–H and O–H groups in total. The maximum absolute atomic E-state index is 13.7. The molecule has 0 bridgehead atoms. The van der Waals surface area contributed by atoms with Gasteiger partial charge in [-0.15, -0.1) is 0 Å². The van der Waals surface area contributed by atoms with E-state index in [2.05, 4.69) is 0 Å². The quantitative estimate of drug-likeness (QED) is 0.743. The Balaban J connectivity index is 1.96. The van der Waals surface area contributed by atoms with Crippen molar-refractivity contribution >= 4 is 12.7 Å². The maximum Gasteiger partial charge on any atom is 0.280 e. The highest BCUT2D eigenvalue weighted by atomic mass is 31.2. The van der Waals surface area contributed by atoms with Gasteiger partial charge in [0, 0.05) is 5.30 Å². The van der Waals surface area contributed by atoms with Gasteiger partial charge in [-0.25, -0.2) is 0 Å². The van der Waals surface area contributed by atoms with Gasteiger partial charge in [-0.05, 0) is 37.1 Å². The summed E-state index contributed by atoms with van der Waals surface area (Å²) in [6.45, 7) is 0. The first-order valence-electron chi connectivity index (χ1n) is 7.69. The van der Waals surface area contributed by atoms with Gasteiger partial charge >= 0.3 is 0 Å². The van der Waals surface area contributed by atoms with Gasteiger partial charge in [0.25, 0.3) is 7.37 Å². The molecule has 0 spiro atoms. The molecular formula is C18H21O2P. The molecular weight excluding hydrogens is 279 g/mol. The first-order valence-corrected chi connectivity index (χ1v) is 9.38. The van der Waals surface area contributed by atoms with Gasteiger partial charge in [-0.2, -0.15) is 0 Å². The Morgan fingerprint density at radius 2 is 1.38 bits per heavy atom. The van der Waals surface area contributed by atoms with Crippen LogP contribution in [-0.2, 0) is 4.57 Å². The van der Waals surface area contributed by atoms with E-state index < -0.39 is 7.37 Å². The van der Waals surface area contributed by atoms with Crippen LogP contribution in [0.3, 0.4) is 0 Å². The van der Waals surface area contributed by atoms with Crippen LogP contribution in [0.1, 0.15) is 32.1 Å². The lowest BCUT2D eigenvalue weighted by atomic mass is 10.0. The number of para-hydroxylation sites is 1. The number of benzene rings is 2. The molecule has 0 aliphatic heterocycles. The molecule has 0 radical (unpaired) electrons. The Morgan fingerprint density at radius 1 is 0.810 bits per heavy atom. The Bertz CT molecular complexity index is 604. The van der Waals surface area contributed by atoms with E-state index in [0.717, 1.165) is 31.0 Å². The Morgan fingerprint density at radius 3 is 2.00 bits per heavy atom. The zero-order valence-electron chi connectivity index (χ0n) is 12.2. The van der Waals surface area contributed by atoms with Gasteiger partial charge in [0.1, 0.15) is 5.75 Å². The Kier molecular flexibility index (Phi) is 4.45. The van der Waals surface area contributed by atoms with E-state index in [9.17, 15) is 4.57 Å². The molecule has 0 aromatic heterocycles. The second-order valence-corrected chi connectivity index (χ2v) is 8.25. The molecule has 0 amide bonds. The third-order valence-corrected chi connectivity index (χ3v) is 7.13. The zero-order valence-corrected chi connectivity index (χ0v) is 13.0. The van der Waals surface area contributed by atoms with Gasteiger partial charge in [-0.1, -0.05) is 55.7 Å². The zero-order chi connectivity index (χ0) is 14.5. The molecule has 1 fully saturated rings. The molecule has 1 unspecified atom stereocenters. The van der Waals surface area contributed by atoms with Crippen LogP contribution >= 0.6 is 7.37 Å². The predicted octanol–water partition coefficient (Wildman–Crippen LogP) is 5.00. The highest BCUT2D eigenvalue weighted by Crippen LogP contribution is 2.55. The lowest BCUT2D eigenvalue weighted by Gasteiger charge is -2.30. The summed E-state index contributed by atoms with van der Waals surface area (Å²) in [6.07, 6.45) is 5.55. The Hall–Kier alpha value is -1.53. The predicted molar refractivity (Wildman–Crippen MR) is 87.6 cm³/mol. The monoisotopic (exact) mass is 300 g/mol. The van der Waals surface area contributed by atoms with E-state index in [4.69, 9.17) is 4.52 Å². The molecule has 110 valence electrons. The molecule has 3 rings (SSSR count). The average molecular weight is 300 g/mol. The van der Waals surface area contributed by atoms with Crippen molar-refractivity contribution in [2.45, 2.75) is 37.8 Å². The fourth-order valence-corrected chi connectivity index (χ4v) is 5.78. The van der Waals surface area contributed by atoms with Crippen molar-refractivity contribution in [3.05, 3.63) is 60.7 Å². The summed E-state index contributed by atoms with van der Waals surface area (Å²) < 4.78 is 19.8. The Labute approximate surface area is 126 Å². The molecule has 2 nitrogen and oxygen atoms in total. The average Bonchev–Trinajstić information content (AvgIpc) is 2.57. The summed E-state index contributed by atoms with van der Waals surface area (Å²) >= 11 is 0. The summed E-state index contributed by atoms with van der Waals surface area (Å²) in [6, 6.07) is 19.3. The van der Waals surface area contributed by atoms with Crippen LogP contribution in [0.4, 0.5) is 0 Å². The highest BCUT2D eigenvalue weighted by Gasteiger charge is 2.38. The van der Waals surface area contributed by atoms with E-state index >= 15 is 0 Å². The van der Waals surface area contributed by atoms with E-state index in [0.29, 0.717) is 5.75 Å². The minimum atomic E-state index is -2.87. The second-order valence-electron chi connectivity index (χ2n) is 5.63. The second kappa shape index (κ2) is 6.49. The topological polar surface area (TPSA) is 26.3 Å².